The van der Waals surface area contributed by atoms with Crippen LogP contribution in [0.15, 0.2) is 30.3 Å². The average Bonchev–Trinajstić information content (AvgIpc) is 2.36. The molecule has 0 aliphatic heterocycles. The van der Waals surface area contributed by atoms with E-state index in [2.05, 4.69) is 10.6 Å². The van der Waals surface area contributed by atoms with Gasteiger partial charge in [-0.25, -0.2) is 0 Å². The first-order chi connectivity index (χ1) is 8.63. The number of carbonyl (C=O) groups is 2. The van der Waals surface area contributed by atoms with Gasteiger partial charge in [0.15, 0.2) is 0 Å². The van der Waals surface area contributed by atoms with E-state index in [4.69, 9.17) is 0 Å². The maximum absolute atomic E-state index is 11.6. The lowest BCUT2D eigenvalue weighted by molar-refractivity contribution is -0.122. The van der Waals surface area contributed by atoms with E-state index < -0.39 is 6.04 Å². The lowest BCUT2D eigenvalue weighted by Crippen LogP contribution is -2.33. The van der Waals surface area contributed by atoms with Gasteiger partial charge in [-0.15, -0.1) is 0 Å². The van der Waals surface area contributed by atoms with Gasteiger partial charge in [-0.1, -0.05) is 30.3 Å². The Balaban J connectivity index is 2.44. The lowest BCUT2D eigenvalue weighted by Gasteiger charge is -2.16. The van der Waals surface area contributed by atoms with Gasteiger partial charge in [-0.2, -0.15) is 0 Å². The molecule has 0 aliphatic carbocycles. The average molecular weight is 250 g/mol. The molecule has 98 valence electrons. The molecule has 5 heteroatoms. The second-order valence-corrected chi connectivity index (χ2v) is 3.95. The smallest absolute Gasteiger partial charge is 0.222 e. The van der Waals surface area contributed by atoms with E-state index in [1.165, 1.54) is 6.92 Å². The van der Waals surface area contributed by atoms with Crippen molar-refractivity contribution in [2.45, 2.75) is 19.4 Å². The molecule has 1 aromatic carbocycles. The molecule has 2 amide bonds. The van der Waals surface area contributed by atoms with Crippen LogP contribution < -0.4 is 10.6 Å². The van der Waals surface area contributed by atoms with Crippen molar-refractivity contribution in [3.63, 3.8) is 0 Å². The van der Waals surface area contributed by atoms with Gasteiger partial charge in [0.2, 0.25) is 11.8 Å². The van der Waals surface area contributed by atoms with Crippen LogP contribution in [0, 0.1) is 0 Å². The summed E-state index contributed by atoms with van der Waals surface area (Å²) in [5, 5.41) is 14.5. The van der Waals surface area contributed by atoms with Gasteiger partial charge in [0.05, 0.1) is 12.6 Å². The van der Waals surface area contributed by atoms with E-state index in [0.717, 1.165) is 5.56 Å². The van der Waals surface area contributed by atoms with Gasteiger partial charge in [-0.05, 0) is 5.56 Å². The molecule has 0 bridgehead atoms. The number of rotatable bonds is 6. The zero-order valence-electron chi connectivity index (χ0n) is 10.3. The molecule has 5 nitrogen and oxygen atoms in total. The molecular weight excluding hydrogens is 232 g/mol. The summed E-state index contributed by atoms with van der Waals surface area (Å²) in [6, 6.07) is 8.85. The maximum Gasteiger partial charge on any atom is 0.222 e. The Kier molecular flexibility index (Phi) is 5.87. The molecule has 0 saturated heterocycles. The number of nitrogens with one attached hydrogen (secondary N) is 2. The topological polar surface area (TPSA) is 78.4 Å². The van der Waals surface area contributed by atoms with Crippen LogP contribution in [-0.4, -0.2) is 30.1 Å². The van der Waals surface area contributed by atoms with Crippen LogP contribution in [0.4, 0.5) is 0 Å². The number of amides is 2. The summed E-state index contributed by atoms with van der Waals surface area (Å²) in [6.45, 7) is 1.54. The molecule has 0 spiro atoms. The summed E-state index contributed by atoms with van der Waals surface area (Å²) in [4.78, 5) is 22.2. The van der Waals surface area contributed by atoms with Gasteiger partial charge in [0.25, 0.3) is 0 Å². The zero-order valence-corrected chi connectivity index (χ0v) is 10.3. The number of benzene rings is 1. The largest absolute Gasteiger partial charge is 0.394 e. The minimum Gasteiger partial charge on any atom is -0.394 e. The molecule has 0 radical (unpaired) electrons. The number of aliphatic hydroxyl groups excluding tert-OH is 1. The van der Waals surface area contributed by atoms with Crippen molar-refractivity contribution in [2.75, 3.05) is 13.2 Å². The molecule has 1 unspecified atom stereocenters. The quantitative estimate of drug-likeness (QED) is 0.682. The molecule has 1 aromatic rings. The van der Waals surface area contributed by atoms with Crippen LogP contribution in [0.3, 0.4) is 0 Å². The highest BCUT2D eigenvalue weighted by molar-refractivity contribution is 5.78. The van der Waals surface area contributed by atoms with E-state index in [1.807, 2.05) is 30.3 Å². The summed E-state index contributed by atoms with van der Waals surface area (Å²) in [7, 11) is 0. The molecule has 0 fully saturated rings. The zero-order chi connectivity index (χ0) is 13.4. The van der Waals surface area contributed by atoms with Crippen LogP contribution in [-0.2, 0) is 9.59 Å². The summed E-state index contributed by atoms with van der Waals surface area (Å²) >= 11 is 0. The third-order valence-electron chi connectivity index (χ3n) is 2.45. The van der Waals surface area contributed by atoms with E-state index >= 15 is 0 Å². The van der Waals surface area contributed by atoms with Crippen LogP contribution in [0.25, 0.3) is 0 Å². The second kappa shape index (κ2) is 7.45. The molecule has 18 heavy (non-hydrogen) atoms. The van der Waals surface area contributed by atoms with Crippen molar-refractivity contribution in [3.05, 3.63) is 35.9 Å². The Hall–Kier alpha value is -1.88. The molecule has 0 heterocycles. The van der Waals surface area contributed by atoms with Gasteiger partial charge in [-0.3, -0.25) is 9.59 Å². The van der Waals surface area contributed by atoms with Crippen molar-refractivity contribution < 1.29 is 14.7 Å². The summed E-state index contributed by atoms with van der Waals surface area (Å²) < 4.78 is 0. The minimum atomic E-state index is -0.406. The molecule has 1 atom stereocenters. The van der Waals surface area contributed by atoms with Gasteiger partial charge >= 0.3 is 0 Å². The maximum atomic E-state index is 11.6. The highest BCUT2D eigenvalue weighted by atomic mass is 16.3. The molecule has 0 saturated carbocycles. The van der Waals surface area contributed by atoms with E-state index in [1.54, 1.807) is 0 Å². The van der Waals surface area contributed by atoms with Crippen LogP contribution in [0.5, 0.6) is 0 Å². The second-order valence-electron chi connectivity index (χ2n) is 3.95. The monoisotopic (exact) mass is 250 g/mol. The van der Waals surface area contributed by atoms with Crippen molar-refractivity contribution >= 4 is 11.8 Å². The fourth-order valence-corrected chi connectivity index (χ4v) is 1.54. The fourth-order valence-electron chi connectivity index (χ4n) is 1.54. The Bertz CT molecular complexity index is 392. The summed E-state index contributed by atoms with van der Waals surface area (Å²) in [6.07, 6.45) is 0.197. The van der Waals surface area contributed by atoms with Crippen molar-refractivity contribution in [1.82, 2.24) is 10.6 Å². The van der Waals surface area contributed by atoms with Crippen LogP contribution in [0.2, 0.25) is 0 Å². The highest BCUT2D eigenvalue weighted by Crippen LogP contribution is 2.11. The SMILES string of the molecule is CC(=O)NCCC(=O)NC(CO)c1ccccc1. The van der Waals surface area contributed by atoms with Crippen molar-refractivity contribution in [3.8, 4) is 0 Å². The molecule has 1 rings (SSSR count). The molecular formula is C13H18N2O3. The summed E-state index contributed by atoms with van der Waals surface area (Å²) in [5.41, 5.74) is 0.855. The lowest BCUT2D eigenvalue weighted by atomic mass is 10.1. The Morgan fingerprint density at radius 3 is 2.50 bits per heavy atom. The van der Waals surface area contributed by atoms with Crippen LogP contribution >= 0.6 is 0 Å². The minimum absolute atomic E-state index is 0.157. The third kappa shape index (κ3) is 4.97. The van der Waals surface area contributed by atoms with Crippen molar-refractivity contribution in [2.24, 2.45) is 0 Å². The normalized spacial score (nSPS) is 11.7. The molecule has 0 aliphatic rings. The summed E-state index contributed by atoms with van der Waals surface area (Å²) in [5.74, 6) is -0.365. The van der Waals surface area contributed by atoms with Gasteiger partial charge in [0, 0.05) is 19.9 Å². The molecule has 0 aromatic heterocycles. The third-order valence-corrected chi connectivity index (χ3v) is 2.45. The number of hydrogen-bond donors (Lipinski definition) is 3. The fraction of sp³-hybridized carbons (Fsp3) is 0.385. The Morgan fingerprint density at radius 2 is 1.94 bits per heavy atom. The Labute approximate surface area is 106 Å². The first kappa shape index (κ1) is 14.2. The van der Waals surface area contributed by atoms with Gasteiger partial charge < -0.3 is 15.7 Å². The van der Waals surface area contributed by atoms with E-state index in [0.29, 0.717) is 6.54 Å². The first-order valence-electron chi connectivity index (χ1n) is 5.83. The van der Waals surface area contributed by atoms with Gasteiger partial charge in [0.1, 0.15) is 0 Å². The number of hydrogen-bond acceptors (Lipinski definition) is 3. The molecule has 3 N–H and O–H groups in total. The predicted octanol–water partition coefficient (Wildman–Crippen LogP) is 0.362. The first-order valence-corrected chi connectivity index (χ1v) is 5.83. The van der Waals surface area contributed by atoms with Crippen LogP contribution in [0.1, 0.15) is 24.9 Å². The van der Waals surface area contributed by atoms with E-state index in [-0.39, 0.29) is 24.8 Å². The van der Waals surface area contributed by atoms with Crippen molar-refractivity contribution in [1.29, 1.82) is 0 Å². The Morgan fingerprint density at radius 1 is 1.28 bits per heavy atom. The predicted molar refractivity (Wildman–Crippen MR) is 67.7 cm³/mol. The highest BCUT2D eigenvalue weighted by Gasteiger charge is 2.12. The van der Waals surface area contributed by atoms with E-state index in [9.17, 15) is 14.7 Å². The number of carbonyl (C=O) groups excluding carboxylic acids is 2. The standard InChI is InChI=1S/C13H18N2O3/c1-10(17)14-8-7-13(18)15-12(9-16)11-5-3-2-4-6-11/h2-6,12,16H,7-9H2,1H3,(H,14,17)(H,15,18). The number of aliphatic hydroxyl groups is 1.